The summed E-state index contributed by atoms with van der Waals surface area (Å²) in [4.78, 5) is 11.8. The predicted molar refractivity (Wildman–Crippen MR) is 82.0 cm³/mol. The molecule has 4 N–H and O–H groups in total. The molecule has 0 aliphatic rings. The monoisotopic (exact) mass is 286 g/mol. The van der Waals surface area contributed by atoms with E-state index in [-0.39, 0.29) is 25.5 Å². The molecule has 0 heterocycles. The molecule has 0 aromatic heterocycles. The fourth-order valence-corrected chi connectivity index (χ4v) is 1.82. The molecule has 2 rings (SSSR count). The molecule has 0 aliphatic heterocycles. The van der Waals surface area contributed by atoms with E-state index in [9.17, 15) is 9.90 Å². The highest BCUT2D eigenvalue weighted by Gasteiger charge is 2.05. The molecule has 5 heteroatoms. The van der Waals surface area contributed by atoms with E-state index < -0.39 is 0 Å². The molecule has 0 spiro atoms. The maximum absolute atomic E-state index is 11.8. The second kappa shape index (κ2) is 7.31. The van der Waals surface area contributed by atoms with E-state index in [2.05, 4.69) is 5.32 Å². The summed E-state index contributed by atoms with van der Waals surface area (Å²) in [5.41, 5.74) is 7.63. The lowest BCUT2D eigenvalue weighted by atomic mass is 10.2. The van der Waals surface area contributed by atoms with Crippen molar-refractivity contribution in [3.05, 3.63) is 54.1 Å². The number of nitrogen functional groups attached to an aromatic ring is 1. The first kappa shape index (κ1) is 14.9. The van der Waals surface area contributed by atoms with Crippen LogP contribution < -0.4 is 15.8 Å². The van der Waals surface area contributed by atoms with Gasteiger partial charge in [0, 0.05) is 16.9 Å². The first-order valence-electron chi connectivity index (χ1n) is 6.66. The summed E-state index contributed by atoms with van der Waals surface area (Å²) in [5.74, 6) is 0.460. The Morgan fingerprint density at radius 2 is 1.86 bits per heavy atom. The predicted octanol–water partition coefficient (Wildman–Crippen LogP) is 2.17. The molecule has 0 saturated heterocycles. The quantitative estimate of drug-likeness (QED) is 0.710. The molecule has 0 bridgehead atoms. The molecule has 0 aliphatic carbocycles. The number of rotatable bonds is 6. The summed E-state index contributed by atoms with van der Waals surface area (Å²) in [6.07, 6.45) is 0.226. The van der Waals surface area contributed by atoms with Crippen LogP contribution in [0.1, 0.15) is 12.0 Å². The molecule has 5 nitrogen and oxygen atoms in total. The maximum atomic E-state index is 11.8. The Morgan fingerprint density at radius 3 is 2.57 bits per heavy atom. The van der Waals surface area contributed by atoms with E-state index in [1.807, 2.05) is 12.1 Å². The van der Waals surface area contributed by atoms with E-state index in [0.29, 0.717) is 22.7 Å². The highest BCUT2D eigenvalue weighted by Crippen LogP contribution is 2.18. The second-order valence-electron chi connectivity index (χ2n) is 4.53. The third-order valence-electron chi connectivity index (χ3n) is 2.92. The molecule has 0 saturated carbocycles. The number of hydrogen-bond donors (Lipinski definition) is 3. The van der Waals surface area contributed by atoms with Gasteiger partial charge in [-0.3, -0.25) is 4.79 Å². The van der Waals surface area contributed by atoms with Crippen molar-refractivity contribution in [1.29, 1.82) is 0 Å². The van der Waals surface area contributed by atoms with Crippen LogP contribution in [0.3, 0.4) is 0 Å². The van der Waals surface area contributed by atoms with Crippen LogP contribution in [0.2, 0.25) is 0 Å². The Hall–Kier alpha value is -2.53. The van der Waals surface area contributed by atoms with Gasteiger partial charge in [-0.05, 0) is 30.3 Å². The largest absolute Gasteiger partial charge is 0.493 e. The van der Waals surface area contributed by atoms with Crippen LogP contribution in [0.15, 0.2) is 48.5 Å². The van der Waals surface area contributed by atoms with Gasteiger partial charge in [-0.2, -0.15) is 0 Å². The van der Waals surface area contributed by atoms with Crippen LogP contribution in [-0.4, -0.2) is 17.6 Å². The van der Waals surface area contributed by atoms with Crippen molar-refractivity contribution in [3.8, 4) is 5.75 Å². The standard InChI is InChI=1S/C16H18N2O3/c17-13-5-7-14(8-6-13)18-16(20)9-10-21-15-4-2-1-3-12(15)11-19/h1-8,19H,9-11,17H2,(H,18,20). The van der Waals surface area contributed by atoms with Gasteiger partial charge in [0.25, 0.3) is 0 Å². The first-order valence-corrected chi connectivity index (χ1v) is 6.66. The van der Waals surface area contributed by atoms with E-state index >= 15 is 0 Å². The smallest absolute Gasteiger partial charge is 0.227 e. The zero-order valence-corrected chi connectivity index (χ0v) is 11.6. The summed E-state index contributed by atoms with van der Waals surface area (Å²) in [6, 6.07) is 14.1. The zero-order valence-electron chi connectivity index (χ0n) is 11.6. The van der Waals surface area contributed by atoms with Gasteiger partial charge in [-0.15, -0.1) is 0 Å². The highest BCUT2D eigenvalue weighted by molar-refractivity contribution is 5.90. The Balaban J connectivity index is 1.80. The first-order chi connectivity index (χ1) is 10.2. The van der Waals surface area contributed by atoms with Gasteiger partial charge in [0.1, 0.15) is 5.75 Å². The number of hydrogen-bond acceptors (Lipinski definition) is 4. The summed E-state index contributed by atoms with van der Waals surface area (Å²) in [5, 5.41) is 11.9. The Morgan fingerprint density at radius 1 is 1.14 bits per heavy atom. The van der Waals surface area contributed by atoms with Gasteiger partial charge < -0.3 is 20.9 Å². The number of nitrogens with one attached hydrogen (secondary N) is 1. The topological polar surface area (TPSA) is 84.6 Å². The molecular weight excluding hydrogens is 268 g/mol. The number of amides is 1. The summed E-state index contributed by atoms with van der Waals surface area (Å²) < 4.78 is 5.51. The van der Waals surface area contributed by atoms with Crippen molar-refractivity contribution in [2.45, 2.75) is 13.0 Å². The number of nitrogens with two attached hydrogens (primary N) is 1. The van der Waals surface area contributed by atoms with Crippen LogP contribution >= 0.6 is 0 Å². The highest BCUT2D eigenvalue weighted by atomic mass is 16.5. The van der Waals surface area contributed by atoms with Crippen LogP contribution in [0, 0.1) is 0 Å². The van der Waals surface area contributed by atoms with E-state index in [0.717, 1.165) is 0 Å². The minimum absolute atomic E-state index is 0.0895. The average molecular weight is 286 g/mol. The van der Waals surface area contributed by atoms with Crippen LogP contribution in [-0.2, 0) is 11.4 Å². The molecular formula is C16H18N2O3. The van der Waals surface area contributed by atoms with Crippen LogP contribution in [0.25, 0.3) is 0 Å². The van der Waals surface area contributed by atoms with Gasteiger partial charge in [0.15, 0.2) is 0 Å². The number of para-hydroxylation sites is 1. The number of carbonyl (C=O) groups is 1. The molecule has 110 valence electrons. The molecule has 21 heavy (non-hydrogen) atoms. The SMILES string of the molecule is Nc1ccc(NC(=O)CCOc2ccccc2CO)cc1. The van der Waals surface area contributed by atoms with Crippen LogP contribution in [0.5, 0.6) is 5.75 Å². The number of anilines is 2. The van der Waals surface area contributed by atoms with Crippen LogP contribution in [0.4, 0.5) is 11.4 Å². The fourth-order valence-electron chi connectivity index (χ4n) is 1.82. The van der Waals surface area contributed by atoms with Gasteiger partial charge in [-0.1, -0.05) is 18.2 Å². The van der Waals surface area contributed by atoms with Crippen molar-refractivity contribution in [2.24, 2.45) is 0 Å². The van der Waals surface area contributed by atoms with Gasteiger partial charge >= 0.3 is 0 Å². The maximum Gasteiger partial charge on any atom is 0.227 e. The minimum atomic E-state index is -0.138. The lowest BCUT2D eigenvalue weighted by Crippen LogP contribution is -2.15. The second-order valence-corrected chi connectivity index (χ2v) is 4.53. The van der Waals surface area contributed by atoms with Crippen molar-refractivity contribution in [2.75, 3.05) is 17.7 Å². The Bertz CT molecular complexity index is 597. The van der Waals surface area contributed by atoms with Gasteiger partial charge in [0.05, 0.1) is 19.6 Å². The molecule has 0 atom stereocenters. The molecule has 2 aromatic carbocycles. The van der Waals surface area contributed by atoms with Crippen molar-refractivity contribution in [3.63, 3.8) is 0 Å². The van der Waals surface area contributed by atoms with Crippen molar-refractivity contribution in [1.82, 2.24) is 0 Å². The van der Waals surface area contributed by atoms with Crippen molar-refractivity contribution >= 4 is 17.3 Å². The minimum Gasteiger partial charge on any atom is -0.493 e. The molecule has 0 fully saturated rings. The molecule has 2 aromatic rings. The van der Waals surface area contributed by atoms with E-state index in [4.69, 9.17) is 10.5 Å². The molecule has 0 radical (unpaired) electrons. The van der Waals surface area contributed by atoms with Gasteiger partial charge in [0.2, 0.25) is 5.91 Å². The lowest BCUT2D eigenvalue weighted by molar-refractivity contribution is -0.116. The van der Waals surface area contributed by atoms with Gasteiger partial charge in [-0.25, -0.2) is 0 Å². The van der Waals surface area contributed by atoms with Crippen molar-refractivity contribution < 1.29 is 14.6 Å². The Labute approximate surface area is 123 Å². The summed E-state index contributed by atoms with van der Waals surface area (Å²) >= 11 is 0. The third-order valence-corrected chi connectivity index (χ3v) is 2.92. The number of aliphatic hydroxyl groups excluding tert-OH is 1. The number of carbonyl (C=O) groups excluding carboxylic acids is 1. The third kappa shape index (κ3) is 4.50. The fraction of sp³-hybridized carbons (Fsp3) is 0.188. The Kier molecular flexibility index (Phi) is 5.17. The summed E-state index contributed by atoms with van der Waals surface area (Å²) in [7, 11) is 0. The number of aliphatic hydroxyl groups is 1. The average Bonchev–Trinajstić information content (AvgIpc) is 2.50. The normalized spacial score (nSPS) is 10.1. The van der Waals surface area contributed by atoms with E-state index in [1.165, 1.54) is 0 Å². The zero-order chi connectivity index (χ0) is 15.1. The lowest BCUT2D eigenvalue weighted by Gasteiger charge is -2.10. The summed E-state index contributed by atoms with van der Waals surface area (Å²) in [6.45, 7) is 0.158. The number of benzene rings is 2. The molecule has 0 unspecified atom stereocenters. The molecule has 1 amide bonds. The van der Waals surface area contributed by atoms with E-state index in [1.54, 1.807) is 36.4 Å². The number of ether oxygens (including phenoxy) is 1.